The predicted octanol–water partition coefficient (Wildman–Crippen LogP) is 5.26. The van der Waals surface area contributed by atoms with Gasteiger partial charge >= 0.3 is 0 Å². The molecule has 0 saturated carbocycles. The van der Waals surface area contributed by atoms with Crippen LogP contribution in [-0.2, 0) is 0 Å². The molecule has 0 heterocycles. The molecular formula is C21H28O2. The van der Waals surface area contributed by atoms with Gasteiger partial charge in [0.1, 0.15) is 0 Å². The van der Waals surface area contributed by atoms with Crippen LogP contribution in [0.1, 0.15) is 61.9 Å². The topological polar surface area (TPSA) is 37.3 Å². The maximum absolute atomic E-state index is 11.8. The van der Waals surface area contributed by atoms with Crippen LogP contribution in [-0.4, -0.2) is 17.0 Å². The Morgan fingerprint density at radius 2 is 1.35 bits per heavy atom. The molecule has 2 nitrogen and oxygen atoms in total. The standard InChI is InChI=1S/C13H10O.C8H18O/c14-13(11-7-3-1-4-8-11)12-9-5-2-6-10-12;1-3-4-5-6-7-8(2)9/h1-10H;8-9H,3-7H2,1-2H3. The van der Waals surface area contributed by atoms with E-state index in [4.69, 9.17) is 5.11 Å². The van der Waals surface area contributed by atoms with Crippen molar-refractivity contribution in [3.05, 3.63) is 71.8 Å². The highest BCUT2D eigenvalue weighted by molar-refractivity contribution is 6.08. The first kappa shape index (κ1) is 19.1. The van der Waals surface area contributed by atoms with Gasteiger partial charge in [0.15, 0.2) is 5.78 Å². The average Bonchev–Trinajstić information content (AvgIpc) is 2.60. The lowest BCUT2D eigenvalue weighted by molar-refractivity contribution is 0.103. The maximum Gasteiger partial charge on any atom is 0.193 e. The molecule has 0 spiro atoms. The quantitative estimate of drug-likeness (QED) is 0.559. The maximum atomic E-state index is 11.8. The van der Waals surface area contributed by atoms with Crippen LogP contribution in [0.2, 0.25) is 0 Å². The number of ketones is 1. The lowest BCUT2D eigenvalue weighted by atomic mass is 10.0. The van der Waals surface area contributed by atoms with E-state index in [1.807, 2.05) is 67.6 Å². The first-order valence-corrected chi connectivity index (χ1v) is 8.48. The van der Waals surface area contributed by atoms with Gasteiger partial charge in [0, 0.05) is 11.1 Å². The highest BCUT2D eigenvalue weighted by atomic mass is 16.3. The van der Waals surface area contributed by atoms with E-state index in [0.29, 0.717) is 0 Å². The fourth-order valence-electron chi connectivity index (χ4n) is 2.21. The van der Waals surface area contributed by atoms with Crippen molar-refractivity contribution >= 4 is 5.78 Å². The predicted molar refractivity (Wildman–Crippen MR) is 96.8 cm³/mol. The molecule has 23 heavy (non-hydrogen) atoms. The third-order valence-corrected chi connectivity index (χ3v) is 3.55. The summed E-state index contributed by atoms with van der Waals surface area (Å²) in [5.74, 6) is 0.0752. The van der Waals surface area contributed by atoms with Crippen molar-refractivity contribution in [3.63, 3.8) is 0 Å². The Balaban J connectivity index is 0.000000257. The number of aliphatic hydroxyl groups is 1. The van der Waals surface area contributed by atoms with Crippen LogP contribution in [0, 0.1) is 0 Å². The number of benzene rings is 2. The molecule has 0 aliphatic rings. The number of carbonyl (C=O) groups excluding carboxylic acids is 1. The fraction of sp³-hybridized carbons (Fsp3) is 0.381. The summed E-state index contributed by atoms with van der Waals surface area (Å²) in [6, 6.07) is 18.6. The van der Waals surface area contributed by atoms with Gasteiger partial charge in [-0.3, -0.25) is 4.79 Å². The Morgan fingerprint density at radius 3 is 1.74 bits per heavy atom. The van der Waals surface area contributed by atoms with E-state index in [1.165, 1.54) is 25.7 Å². The molecule has 0 aromatic heterocycles. The van der Waals surface area contributed by atoms with Crippen molar-refractivity contribution in [2.45, 2.75) is 52.1 Å². The van der Waals surface area contributed by atoms with Crippen LogP contribution in [0.15, 0.2) is 60.7 Å². The summed E-state index contributed by atoms with van der Waals surface area (Å²) in [5.41, 5.74) is 1.47. The third kappa shape index (κ3) is 8.32. The Bertz CT molecular complexity index is 491. The zero-order valence-electron chi connectivity index (χ0n) is 14.2. The van der Waals surface area contributed by atoms with Crippen LogP contribution >= 0.6 is 0 Å². The lowest BCUT2D eigenvalue weighted by Crippen LogP contribution is -1.99. The van der Waals surface area contributed by atoms with Crippen LogP contribution in [0.5, 0.6) is 0 Å². The van der Waals surface area contributed by atoms with Crippen LogP contribution < -0.4 is 0 Å². The average molecular weight is 312 g/mol. The molecule has 1 N–H and O–H groups in total. The van der Waals surface area contributed by atoms with Crippen molar-refractivity contribution in [2.24, 2.45) is 0 Å². The summed E-state index contributed by atoms with van der Waals surface area (Å²) in [6.45, 7) is 4.05. The molecule has 0 aliphatic heterocycles. The molecule has 2 aromatic carbocycles. The molecule has 0 fully saturated rings. The Morgan fingerprint density at radius 1 is 0.870 bits per heavy atom. The highest BCUT2D eigenvalue weighted by Gasteiger charge is 2.06. The van der Waals surface area contributed by atoms with E-state index < -0.39 is 0 Å². The van der Waals surface area contributed by atoms with Gasteiger partial charge in [0.05, 0.1) is 6.10 Å². The van der Waals surface area contributed by atoms with Crippen molar-refractivity contribution in [3.8, 4) is 0 Å². The molecule has 1 atom stereocenters. The summed E-state index contributed by atoms with van der Waals surface area (Å²) in [6.07, 6.45) is 5.93. The molecule has 1 unspecified atom stereocenters. The van der Waals surface area contributed by atoms with Crippen LogP contribution in [0.4, 0.5) is 0 Å². The van der Waals surface area contributed by atoms with E-state index in [1.54, 1.807) is 0 Å². The number of rotatable bonds is 7. The second-order valence-corrected chi connectivity index (χ2v) is 5.76. The largest absolute Gasteiger partial charge is 0.393 e. The first-order valence-electron chi connectivity index (χ1n) is 8.48. The van der Waals surface area contributed by atoms with Crippen molar-refractivity contribution in [2.75, 3.05) is 0 Å². The Kier molecular flexibility index (Phi) is 9.65. The summed E-state index contributed by atoms with van der Waals surface area (Å²) in [4.78, 5) is 11.8. The van der Waals surface area contributed by atoms with E-state index in [-0.39, 0.29) is 11.9 Å². The van der Waals surface area contributed by atoms with Gasteiger partial charge in [0.2, 0.25) is 0 Å². The smallest absolute Gasteiger partial charge is 0.193 e. The van der Waals surface area contributed by atoms with Crippen molar-refractivity contribution in [1.82, 2.24) is 0 Å². The van der Waals surface area contributed by atoms with Crippen molar-refractivity contribution < 1.29 is 9.90 Å². The molecular weight excluding hydrogens is 284 g/mol. The van der Waals surface area contributed by atoms with E-state index in [0.717, 1.165) is 17.5 Å². The molecule has 2 rings (SSSR count). The van der Waals surface area contributed by atoms with Crippen LogP contribution in [0.3, 0.4) is 0 Å². The summed E-state index contributed by atoms with van der Waals surface area (Å²) in [7, 11) is 0. The first-order chi connectivity index (χ1) is 11.1. The third-order valence-electron chi connectivity index (χ3n) is 3.55. The fourth-order valence-corrected chi connectivity index (χ4v) is 2.21. The van der Waals surface area contributed by atoms with Gasteiger partial charge in [-0.1, -0.05) is 93.3 Å². The number of aliphatic hydroxyl groups excluding tert-OH is 1. The Labute approximate surface area is 140 Å². The summed E-state index contributed by atoms with van der Waals surface area (Å²) < 4.78 is 0. The van der Waals surface area contributed by atoms with Gasteiger partial charge in [-0.15, -0.1) is 0 Å². The van der Waals surface area contributed by atoms with E-state index >= 15 is 0 Å². The van der Waals surface area contributed by atoms with Gasteiger partial charge in [-0.2, -0.15) is 0 Å². The molecule has 0 bridgehead atoms. The minimum atomic E-state index is -0.0955. The zero-order chi connectivity index (χ0) is 16.9. The molecule has 124 valence electrons. The van der Waals surface area contributed by atoms with Gasteiger partial charge in [0.25, 0.3) is 0 Å². The minimum Gasteiger partial charge on any atom is -0.393 e. The lowest BCUT2D eigenvalue weighted by Gasteiger charge is -2.01. The molecule has 0 saturated heterocycles. The summed E-state index contributed by atoms with van der Waals surface area (Å²) >= 11 is 0. The van der Waals surface area contributed by atoms with Gasteiger partial charge in [-0.05, 0) is 13.3 Å². The molecule has 2 aromatic rings. The number of hydrogen-bond donors (Lipinski definition) is 1. The van der Waals surface area contributed by atoms with E-state index in [9.17, 15) is 4.79 Å². The number of carbonyl (C=O) groups is 1. The molecule has 0 amide bonds. The minimum absolute atomic E-state index is 0.0752. The molecule has 0 aliphatic carbocycles. The number of hydrogen-bond acceptors (Lipinski definition) is 2. The zero-order valence-corrected chi connectivity index (χ0v) is 14.2. The normalized spacial score (nSPS) is 11.3. The second kappa shape index (κ2) is 11.6. The van der Waals surface area contributed by atoms with Gasteiger partial charge < -0.3 is 5.11 Å². The van der Waals surface area contributed by atoms with Crippen LogP contribution in [0.25, 0.3) is 0 Å². The monoisotopic (exact) mass is 312 g/mol. The molecule has 2 heteroatoms. The highest BCUT2D eigenvalue weighted by Crippen LogP contribution is 2.08. The summed E-state index contributed by atoms with van der Waals surface area (Å²) in [5, 5.41) is 8.85. The number of unbranched alkanes of at least 4 members (excludes halogenated alkanes) is 3. The van der Waals surface area contributed by atoms with Gasteiger partial charge in [-0.25, -0.2) is 0 Å². The Hall–Kier alpha value is -1.93. The second-order valence-electron chi connectivity index (χ2n) is 5.76. The SMILES string of the molecule is CCCCCCC(C)O.O=C(c1ccccc1)c1ccccc1. The van der Waals surface area contributed by atoms with Crippen molar-refractivity contribution in [1.29, 1.82) is 0 Å². The van der Waals surface area contributed by atoms with E-state index in [2.05, 4.69) is 6.92 Å². The molecule has 0 radical (unpaired) electrons.